The summed E-state index contributed by atoms with van der Waals surface area (Å²) < 4.78 is 17.9. The van der Waals surface area contributed by atoms with E-state index in [1.807, 2.05) is 0 Å². The Kier molecular flexibility index (Phi) is 5.26. The number of anilines is 1. The maximum absolute atomic E-state index is 12.8. The number of hydrogen-bond donors (Lipinski definition) is 2. The SMILES string of the molecule is O=C(C[C@H]([NH2+]Cc1ccco1)C(=O)[O-])Nc1ccc(F)cc1. The number of quaternary nitrogens is 1. The van der Waals surface area contributed by atoms with Crippen LogP contribution in [0.15, 0.2) is 47.1 Å². The van der Waals surface area contributed by atoms with Crippen molar-refractivity contribution in [2.75, 3.05) is 5.32 Å². The summed E-state index contributed by atoms with van der Waals surface area (Å²) in [5.74, 6) is -1.64. The number of aliphatic carboxylic acids is 1. The molecule has 0 fully saturated rings. The molecule has 6 nitrogen and oxygen atoms in total. The van der Waals surface area contributed by atoms with Crippen molar-refractivity contribution in [3.63, 3.8) is 0 Å². The lowest BCUT2D eigenvalue weighted by Gasteiger charge is -2.15. The van der Waals surface area contributed by atoms with Crippen molar-refractivity contribution in [3.05, 3.63) is 54.2 Å². The number of nitrogens with one attached hydrogen (secondary N) is 1. The van der Waals surface area contributed by atoms with Gasteiger partial charge in [0.25, 0.3) is 0 Å². The summed E-state index contributed by atoms with van der Waals surface area (Å²) >= 11 is 0. The van der Waals surface area contributed by atoms with Gasteiger partial charge in [-0.3, -0.25) is 4.79 Å². The van der Waals surface area contributed by atoms with E-state index in [9.17, 15) is 19.1 Å². The Balaban J connectivity index is 1.88. The van der Waals surface area contributed by atoms with Crippen LogP contribution in [0.2, 0.25) is 0 Å². The fourth-order valence-corrected chi connectivity index (χ4v) is 1.90. The van der Waals surface area contributed by atoms with Gasteiger partial charge < -0.3 is 25.0 Å². The van der Waals surface area contributed by atoms with Gasteiger partial charge in [-0.25, -0.2) is 4.39 Å². The Hall–Kier alpha value is -2.67. The third kappa shape index (κ3) is 4.71. The van der Waals surface area contributed by atoms with Gasteiger partial charge in [-0.05, 0) is 36.4 Å². The highest BCUT2D eigenvalue weighted by Gasteiger charge is 2.19. The summed E-state index contributed by atoms with van der Waals surface area (Å²) in [5.41, 5.74) is 0.398. The molecule has 1 aromatic carbocycles. The van der Waals surface area contributed by atoms with Gasteiger partial charge in [-0.15, -0.1) is 0 Å². The number of halogens is 1. The van der Waals surface area contributed by atoms with Crippen molar-refractivity contribution in [1.82, 2.24) is 0 Å². The highest BCUT2D eigenvalue weighted by Crippen LogP contribution is 2.08. The predicted octanol–water partition coefficient (Wildman–Crippen LogP) is -0.371. The van der Waals surface area contributed by atoms with Gasteiger partial charge in [-0.2, -0.15) is 0 Å². The zero-order chi connectivity index (χ0) is 15.9. The first-order valence-electron chi connectivity index (χ1n) is 6.66. The van der Waals surface area contributed by atoms with Gasteiger partial charge in [0.05, 0.1) is 18.7 Å². The Morgan fingerprint density at radius 2 is 2.00 bits per heavy atom. The van der Waals surface area contributed by atoms with Crippen LogP contribution in [0.25, 0.3) is 0 Å². The Morgan fingerprint density at radius 3 is 2.59 bits per heavy atom. The molecule has 1 aromatic heterocycles. The van der Waals surface area contributed by atoms with E-state index in [1.54, 1.807) is 12.1 Å². The maximum atomic E-state index is 12.8. The van der Waals surface area contributed by atoms with Crippen molar-refractivity contribution in [2.45, 2.75) is 19.0 Å². The molecule has 0 saturated heterocycles. The second-order valence-corrected chi connectivity index (χ2v) is 4.70. The molecular formula is C15H15FN2O4. The molecule has 0 spiro atoms. The first kappa shape index (κ1) is 15.7. The zero-order valence-corrected chi connectivity index (χ0v) is 11.6. The Bertz CT molecular complexity index is 626. The van der Waals surface area contributed by atoms with E-state index in [-0.39, 0.29) is 13.0 Å². The van der Waals surface area contributed by atoms with Crippen molar-refractivity contribution in [3.8, 4) is 0 Å². The molecule has 1 amide bonds. The highest BCUT2D eigenvalue weighted by atomic mass is 19.1. The summed E-state index contributed by atoms with van der Waals surface area (Å²) in [4.78, 5) is 22.9. The molecule has 1 atom stereocenters. The third-order valence-corrected chi connectivity index (χ3v) is 3.02. The van der Waals surface area contributed by atoms with Crippen LogP contribution in [0, 0.1) is 5.82 Å². The van der Waals surface area contributed by atoms with E-state index in [0.29, 0.717) is 11.4 Å². The Morgan fingerprint density at radius 1 is 1.27 bits per heavy atom. The van der Waals surface area contributed by atoms with Crippen LogP contribution in [0.5, 0.6) is 0 Å². The number of benzene rings is 1. The van der Waals surface area contributed by atoms with Gasteiger partial charge in [0.15, 0.2) is 5.76 Å². The van der Waals surface area contributed by atoms with Crippen LogP contribution in [0.1, 0.15) is 12.2 Å². The first-order valence-corrected chi connectivity index (χ1v) is 6.66. The van der Waals surface area contributed by atoms with Gasteiger partial charge in [0, 0.05) is 5.69 Å². The largest absolute Gasteiger partial charge is 0.544 e. The van der Waals surface area contributed by atoms with E-state index in [2.05, 4.69) is 5.32 Å². The molecule has 116 valence electrons. The molecule has 0 unspecified atom stereocenters. The number of nitrogens with two attached hydrogens (primary N) is 1. The standard InChI is InChI=1S/C15H15FN2O4/c16-10-3-5-11(6-4-10)18-14(19)8-13(15(20)21)17-9-12-2-1-7-22-12/h1-7,13,17H,8-9H2,(H,18,19)(H,20,21)/t13-/m0/s1. The van der Waals surface area contributed by atoms with Crippen LogP contribution in [-0.2, 0) is 16.1 Å². The van der Waals surface area contributed by atoms with Crippen LogP contribution >= 0.6 is 0 Å². The number of carboxylic acids is 1. The lowest BCUT2D eigenvalue weighted by Crippen LogP contribution is -2.92. The number of furan rings is 1. The average Bonchev–Trinajstić information content (AvgIpc) is 2.99. The lowest BCUT2D eigenvalue weighted by molar-refractivity contribution is -0.698. The van der Waals surface area contributed by atoms with Crippen molar-refractivity contribution in [2.24, 2.45) is 0 Å². The number of hydrogen-bond acceptors (Lipinski definition) is 4. The zero-order valence-electron chi connectivity index (χ0n) is 11.6. The van der Waals surface area contributed by atoms with E-state index >= 15 is 0 Å². The van der Waals surface area contributed by atoms with E-state index in [4.69, 9.17) is 4.42 Å². The molecule has 0 aliphatic heterocycles. The van der Waals surface area contributed by atoms with Crippen molar-refractivity contribution in [1.29, 1.82) is 0 Å². The maximum Gasteiger partial charge on any atom is 0.230 e. The molecule has 22 heavy (non-hydrogen) atoms. The van der Waals surface area contributed by atoms with Crippen molar-refractivity contribution >= 4 is 17.6 Å². The number of rotatable bonds is 7. The summed E-state index contributed by atoms with van der Waals surface area (Å²) in [6.07, 6.45) is 1.22. The average molecular weight is 306 g/mol. The second kappa shape index (κ2) is 7.37. The minimum Gasteiger partial charge on any atom is -0.544 e. The molecule has 0 bridgehead atoms. The highest BCUT2D eigenvalue weighted by molar-refractivity contribution is 5.93. The normalized spacial score (nSPS) is 11.9. The van der Waals surface area contributed by atoms with Crippen LogP contribution < -0.4 is 15.7 Å². The summed E-state index contributed by atoms with van der Waals surface area (Å²) in [6.45, 7) is 0.287. The van der Waals surface area contributed by atoms with E-state index < -0.39 is 23.7 Å². The van der Waals surface area contributed by atoms with Crippen LogP contribution in [0.4, 0.5) is 10.1 Å². The fourth-order valence-electron chi connectivity index (χ4n) is 1.90. The number of amides is 1. The second-order valence-electron chi connectivity index (χ2n) is 4.70. The third-order valence-electron chi connectivity index (χ3n) is 3.02. The monoisotopic (exact) mass is 306 g/mol. The molecule has 0 aliphatic carbocycles. The van der Waals surface area contributed by atoms with E-state index in [1.165, 1.54) is 35.8 Å². The fraction of sp³-hybridized carbons (Fsp3) is 0.200. The van der Waals surface area contributed by atoms with Crippen LogP contribution in [-0.4, -0.2) is 17.9 Å². The lowest BCUT2D eigenvalue weighted by atomic mass is 10.2. The number of carbonyl (C=O) groups is 2. The molecule has 7 heteroatoms. The molecule has 2 rings (SSSR count). The first-order chi connectivity index (χ1) is 10.5. The number of carbonyl (C=O) groups excluding carboxylic acids is 2. The molecule has 1 heterocycles. The molecule has 2 aromatic rings. The quantitative estimate of drug-likeness (QED) is 0.729. The minimum atomic E-state index is -1.33. The molecule has 0 saturated carbocycles. The van der Waals surface area contributed by atoms with Gasteiger partial charge in [-0.1, -0.05) is 0 Å². The Labute approximate surface area is 125 Å². The van der Waals surface area contributed by atoms with Gasteiger partial charge in [0.1, 0.15) is 18.4 Å². The predicted molar refractivity (Wildman–Crippen MR) is 72.8 cm³/mol. The molecular weight excluding hydrogens is 291 g/mol. The van der Waals surface area contributed by atoms with Crippen molar-refractivity contribution < 1.29 is 28.8 Å². The van der Waals surface area contributed by atoms with Gasteiger partial charge >= 0.3 is 0 Å². The van der Waals surface area contributed by atoms with E-state index in [0.717, 1.165) is 0 Å². The molecule has 0 radical (unpaired) electrons. The molecule has 0 aliphatic rings. The number of carboxylic acid groups (broad SMARTS) is 1. The van der Waals surface area contributed by atoms with Crippen LogP contribution in [0.3, 0.4) is 0 Å². The summed E-state index contributed by atoms with van der Waals surface area (Å²) in [5, 5.41) is 15.1. The minimum absolute atomic E-state index is 0.263. The summed E-state index contributed by atoms with van der Waals surface area (Å²) in [7, 11) is 0. The smallest absolute Gasteiger partial charge is 0.230 e. The molecule has 3 N–H and O–H groups in total. The summed E-state index contributed by atoms with van der Waals surface area (Å²) in [6, 6.07) is 7.57. The topological polar surface area (TPSA) is 99.0 Å². The van der Waals surface area contributed by atoms with Gasteiger partial charge in [0.2, 0.25) is 5.91 Å².